The maximum Gasteiger partial charge on any atom is 0.463 e. The number of rotatable bonds is 2. The van der Waals surface area contributed by atoms with Gasteiger partial charge in [0.1, 0.15) is 6.04 Å². The Hall–Kier alpha value is -1.74. The number of hydrogen-bond acceptors (Lipinski definition) is 3. The molecule has 1 atom stereocenters. The van der Waals surface area contributed by atoms with Crippen LogP contribution in [0.2, 0.25) is 0 Å². The van der Waals surface area contributed by atoms with E-state index in [0.29, 0.717) is 0 Å². The van der Waals surface area contributed by atoms with Gasteiger partial charge < -0.3 is 5.32 Å². The number of piperidine rings is 1. The van der Waals surface area contributed by atoms with Crippen LogP contribution < -0.4 is 10.6 Å². The number of hydrogen-bond donors (Lipinski definition) is 2. The third-order valence-corrected chi connectivity index (χ3v) is 2.19. The standard InChI is InChI=1S/C8H7F5N2O3/c9-7(10,8(11,12)13)6(18)14-3-1-2-4(16)15-5(3)17/h3H,1-2H2,(H,14,18)(H,15,16,17). The molecule has 0 bridgehead atoms. The van der Waals surface area contributed by atoms with Crippen LogP contribution in [0.4, 0.5) is 22.0 Å². The molecule has 18 heavy (non-hydrogen) atoms. The van der Waals surface area contributed by atoms with Gasteiger partial charge in [-0.1, -0.05) is 0 Å². The van der Waals surface area contributed by atoms with Gasteiger partial charge in [-0.15, -0.1) is 0 Å². The van der Waals surface area contributed by atoms with Gasteiger partial charge in [0, 0.05) is 6.42 Å². The van der Waals surface area contributed by atoms with Crippen molar-refractivity contribution in [1.82, 2.24) is 10.6 Å². The van der Waals surface area contributed by atoms with Crippen LogP contribution in [0.3, 0.4) is 0 Å². The maximum absolute atomic E-state index is 12.5. The van der Waals surface area contributed by atoms with Crippen molar-refractivity contribution in [2.75, 3.05) is 0 Å². The molecule has 0 aromatic rings. The number of amides is 3. The van der Waals surface area contributed by atoms with Crippen LogP contribution >= 0.6 is 0 Å². The Labute approximate surface area is 96.7 Å². The zero-order valence-corrected chi connectivity index (χ0v) is 8.61. The minimum atomic E-state index is -6.04. The van der Waals surface area contributed by atoms with Gasteiger partial charge in [-0.05, 0) is 6.42 Å². The van der Waals surface area contributed by atoms with E-state index in [1.807, 2.05) is 0 Å². The van der Waals surface area contributed by atoms with Crippen LogP contribution in [0.5, 0.6) is 0 Å². The fraction of sp³-hybridized carbons (Fsp3) is 0.625. The Bertz CT molecular complexity index is 393. The summed E-state index contributed by atoms with van der Waals surface area (Å²) in [7, 11) is 0. The average Bonchev–Trinajstić information content (AvgIpc) is 2.20. The van der Waals surface area contributed by atoms with Crippen molar-refractivity contribution in [3.8, 4) is 0 Å². The molecule has 0 saturated carbocycles. The minimum Gasteiger partial charge on any atom is -0.339 e. The topological polar surface area (TPSA) is 75.3 Å². The lowest BCUT2D eigenvalue weighted by Gasteiger charge is -2.25. The van der Waals surface area contributed by atoms with Crippen LogP contribution in [-0.4, -0.2) is 35.9 Å². The van der Waals surface area contributed by atoms with E-state index in [0.717, 1.165) is 0 Å². The number of carbonyl (C=O) groups is 3. The molecule has 5 nitrogen and oxygen atoms in total. The normalized spacial score (nSPS) is 21.5. The first kappa shape index (κ1) is 14.3. The molecule has 1 saturated heterocycles. The number of alkyl halides is 5. The van der Waals surface area contributed by atoms with E-state index in [4.69, 9.17) is 0 Å². The summed E-state index contributed by atoms with van der Waals surface area (Å²) in [6.07, 6.45) is -6.63. The molecule has 0 aliphatic carbocycles. The second kappa shape index (κ2) is 4.50. The predicted octanol–water partition coefficient (Wildman–Crippen LogP) is 0.105. The maximum atomic E-state index is 12.5. The molecule has 1 unspecified atom stereocenters. The van der Waals surface area contributed by atoms with Crippen molar-refractivity contribution in [3.05, 3.63) is 0 Å². The van der Waals surface area contributed by atoms with Crippen LogP contribution in [0, 0.1) is 0 Å². The van der Waals surface area contributed by atoms with E-state index in [2.05, 4.69) is 0 Å². The summed E-state index contributed by atoms with van der Waals surface area (Å²) in [5.74, 6) is -10.0. The summed E-state index contributed by atoms with van der Waals surface area (Å²) in [4.78, 5) is 32.5. The quantitative estimate of drug-likeness (QED) is 0.554. The van der Waals surface area contributed by atoms with Crippen molar-refractivity contribution in [1.29, 1.82) is 0 Å². The molecule has 1 rings (SSSR count). The molecule has 10 heteroatoms. The van der Waals surface area contributed by atoms with E-state index >= 15 is 0 Å². The number of halogens is 5. The van der Waals surface area contributed by atoms with Gasteiger partial charge in [-0.3, -0.25) is 19.7 Å². The van der Waals surface area contributed by atoms with Crippen molar-refractivity contribution < 1.29 is 36.3 Å². The van der Waals surface area contributed by atoms with Gasteiger partial charge in [-0.2, -0.15) is 22.0 Å². The highest BCUT2D eigenvalue weighted by molar-refractivity contribution is 6.02. The van der Waals surface area contributed by atoms with Crippen molar-refractivity contribution in [3.63, 3.8) is 0 Å². The number of nitrogens with one attached hydrogen (secondary N) is 2. The molecule has 0 aromatic heterocycles. The highest BCUT2D eigenvalue weighted by Crippen LogP contribution is 2.35. The van der Waals surface area contributed by atoms with Crippen molar-refractivity contribution in [2.24, 2.45) is 0 Å². The first-order valence-corrected chi connectivity index (χ1v) is 4.65. The van der Waals surface area contributed by atoms with E-state index < -0.39 is 35.9 Å². The summed E-state index contributed by atoms with van der Waals surface area (Å²) in [6, 6.07) is -1.58. The van der Waals surface area contributed by atoms with Gasteiger partial charge in [0.25, 0.3) is 0 Å². The third kappa shape index (κ3) is 2.74. The molecule has 3 amide bonds. The van der Waals surface area contributed by atoms with E-state index in [9.17, 15) is 36.3 Å². The molecule has 1 fully saturated rings. The molecule has 102 valence electrons. The Morgan fingerprint density at radius 1 is 1.22 bits per heavy atom. The molecule has 0 spiro atoms. The van der Waals surface area contributed by atoms with E-state index in [1.165, 1.54) is 5.32 Å². The Kier molecular flexibility index (Phi) is 3.58. The minimum absolute atomic E-state index is 0.256. The monoisotopic (exact) mass is 274 g/mol. The van der Waals surface area contributed by atoms with Gasteiger partial charge >= 0.3 is 18.0 Å². The summed E-state index contributed by atoms with van der Waals surface area (Å²) < 4.78 is 60.6. The highest BCUT2D eigenvalue weighted by atomic mass is 19.4. The number of imide groups is 1. The van der Waals surface area contributed by atoms with Gasteiger partial charge in [0.05, 0.1) is 0 Å². The van der Waals surface area contributed by atoms with Crippen LogP contribution in [0.1, 0.15) is 12.8 Å². The summed E-state index contributed by atoms with van der Waals surface area (Å²) in [5, 5.41) is 2.97. The highest BCUT2D eigenvalue weighted by Gasteiger charge is 2.63. The summed E-state index contributed by atoms with van der Waals surface area (Å²) >= 11 is 0. The average molecular weight is 274 g/mol. The summed E-state index contributed by atoms with van der Waals surface area (Å²) in [5.41, 5.74) is 0. The predicted molar refractivity (Wildman–Crippen MR) is 45.3 cm³/mol. The third-order valence-electron chi connectivity index (χ3n) is 2.19. The Balaban J connectivity index is 2.71. The molecular weight excluding hydrogens is 267 g/mol. The zero-order chi connectivity index (χ0) is 14.1. The van der Waals surface area contributed by atoms with Crippen molar-refractivity contribution >= 4 is 17.7 Å². The Morgan fingerprint density at radius 3 is 2.22 bits per heavy atom. The fourth-order valence-electron chi connectivity index (χ4n) is 1.21. The zero-order valence-electron chi connectivity index (χ0n) is 8.61. The fourth-order valence-corrected chi connectivity index (χ4v) is 1.21. The van der Waals surface area contributed by atoms with Crippen LogP contribution in [0.15, 0.2) is 0 Å². The second-order valence-electron chi connectivity index (χ2n) is 3.55. The lowest BCUT2D eigenvalue weighted by Crippen LogP contribution is -2.58. The first-order valence-electron chi connectivity index (χ1n) is 4.65. The molecule has 0 radical (unpaired) electrons. The largest absolute Gasteiger partial charge is 0.463 e. The molecule has 2 N–H and O–H groups in total. The van der Waals surface area contributed by atoms with Crippen LogP contribution in [-0.2, 0) is 14.4 Å². The smallest absolute Gasteiger partial charge is 0.339 e. The SMILES string of the molecule is O=C1CCC(NC(=O)C(F)(F)C(F)(F)F)C(=O)N1. The van der Waals surface area contributed by atoms with Crippen molar-refractivity contribution in [2.45, 2.75) is 31.0 Å². The lowest BCUT2D eigenvalue weighted by molar-refractivity contribution is -0.270. The lowest BCUT2D eigenvalue weighted by atomic mass is 10.1. The molecular formula is C8H7F5N2O3. The molecule has 0 aromatic carbocycles. The molecule has 1 aliphatic rings. The van der Waals surface area contributed by atoms with E-state index in [-0.39, 0.29) is 12.8 Å². The number of carbonyl (C=O) groups excluding carboxylic acids is 3. The van der Waals surface area contributed by atoms with Gasteiger partial charge in [0.2, 0.25) is 11.8 Å². The second-order valence-corrected chi connectivity index (χ2v) is 3.55. The van der Waals surface area contributed by atoms with Crippen LogP contribution in [0.25, 0.3) is 0 Å². The van der Waals surface area contributed by atoms with Gasteiger partial charge in [-0.25, -0.2) is 0 Å². The molecule has 1 aliphatic heterocycles. The van der Waals surface area contributed by atoms with Gasteiger partial charge in [0.15, 0.2) is 0 Å². The summed E-state index contributed by atoms with van der Waals surface area (Å²) in [6.45, 7) is 0. The molecule has 1 heterocycles. The Morgan fingerprint density at radius 2 is 1.78 bits per heavy atom. The van der Waals surface area contributed by atoms with E-state index in [1.54, 1.807) is 5.32 Å². The first-order chi connectivity index (χ1) is 8.05.